The molecular weight excluding hydrogens is 1070 g/mol. The predicted molar refractivity (Wildman–Crippen MR) is 258 cm³/mol. The Labute approximate surface area is 435 Å². The first-order valence-corrected chi connectivity index (χ1v) is 23.2. The van der Waals surface area contributed by atoms with Gasteiger partial charge >= 0.3 is 49.8 Å². The van der Waals surface area contributed by atoms with Crippen LogP contribution in [0.15, 0.2) is 195 Å². The molecule has 72 heavy (non-hydrogen) atoms. The van der Waals surface area contributed by atoms with Gasteiger partial charge in [-0.3, -0.25) is 19.9 Å². The molecule has 0 N–H and O–H groups in total. The van der Waals surface area contributed by atoms with Crippen LogP contribution in [0.5, 0.6) is 23.0 Å². The number of hydrogen-bond donors (Lipinski definition) is 0. The molecule has 382 valence electrons. The van der Waals surface area contributed by atoms with E-state index in [0.29, 0.717) is 0 Å². The minimum absolute atomic E-state index is 0. The van der Waals surface area contributed by atoms with Crippen LogP contribution in [-0.4, -0.2) is 30.1 Å². The summed E-state index contributed by atoms with van der Waals surface area (Å²) in [4.78, 5) is 56.8. The first kappa shape index (κ1) is 62.5. The van der Waals surface area contributed by atoms with Gasteiger partial charge in [-0.15, -0.1) is 0 Å². The first-order valence-electron chi connectivity index (χ1n) is 20.2. The number of aryl methyl sites for hydroxylation is 4. The van der Waals surface area contributed by atoms with Crippen LogP contribution >= 0.6 is 15.6 Å². The molecule has 8 aromatic rings. The van der Waals surface area contributed by atoms with Crippen LogP contribution in [0.4, 0.5) is 0 Å². The van der Waals surface area contributed by atoms with Crippen LogP contribution in [0.2, 0.25) is 0 Å². The number of rotatable bonds is 10. The van der Waals surface area contributed by atoms with Gasteiger partial charge < -0.3 is 58.5 Å². The smallest absolute Gasteiger partial charge is 0.736 e. The zero-order chi connectivity index (χ0) is 51.4. The molecule has 0 unspecified atom stereocenters. The van der Waals surface area contributed by atoms with Gasteiger partial charge in [0.05, 0.1) is 32.9 Å². The van der Waals surface area contributed by atoms with E-state index in [-0.39, 0.29) is 57.1 Å². The van der Waals surface area contributed by atoms with Gasteiger partial charge in [0.2, 0.25) is 0 Å². The van der Waals surface area contributed by atoms with Gasteiger partial charge in [0.25, 0.3) is 0 Å². The third-order valence-corrected chi connectivity index (χ3v) is 9.77. The summed E-state index contributed by atoms with van der Waals surface area (Å²) in [5.41, 5.74) is 8.58. The van der Waals surface area contributed by atoms with Gasteiger partial charge in [0.15, 0.2) is 0 Å². The molecular formula is C48H44Cu2N6O14P2. The maximum absolute atomic E-state index is 11.6. The molecule has 0 aliphatic heterocycles. The molecule has 0 atom stereocenters. The third kappa shape index (κ3) is 27.6. The standard InChI is InChI=1S/2C12H12N2.2C12H11O4P.2Cu.2NO3/c2*1-9-3-5-13-11(7-9)12-8-10(2)4-6-14-12;2*13-17(14,15-11-7-3-1-4-8-11)16-12-9-5-2-6-10-12;;;2*2-1(3)4/h2*3-8H,1-2H3;2*1-10H,(H,13,14);;;;/q;;;;2*+2;2*-1/p-2. The average molecular weight is 1120 g/mol. The molecule has 0 fully saturated rings. The van der Waals surface area contributed by atoms with Gasteiger partial charge in [-0.25, -0.2) is 9.13 Å². The number of nitrogens with zero attached hydrogens (tertiary/aromatic N) is 6. The van der Waals surface area contributed by atoms with Gasteiger partial charge in [-0.1, -0.05) is 72.8 Å². The van der Waals surface area contributed by atoms with Crippen LogP contribution < -0.4 is 27.9 Å². The number of phosphoric ester groups is 2. The van der Waals surface area contributed by atoms with E-state index in [0.717, 1.165) is 22.8 Å². The molecule has 8 rings (SSSR count). The van der Waals surface area contributed by atoms with E-state index in [2.05, 4.69) is 47.6 Å². The summed E-state index contributed by atoms with van der Waals surface area (Å²) in [6, 6.07) is 48.9. The van der Waals surface area contributed by atoms with Crippen LogP contribution in [0, 0.1) is 58.3 Å². The Bertz CT molecular complexity index is 2540. The molecule has 0 aliphatic carbocycles. The summed E-state index contributed by atoms with van der Waals surface area (Å²) in [6.45, 7) is 8.23. The molecule has 0 aliphatic rings. The van der Waals surface area contributed by atoms with E-state index in [1.807, 2.05) is 73.3 Å². The largest absolute Gasteiger partial charge is 2.00 e. The van der Waals surface area contributed by atoms with Crippen LogP contribution in [0.25, 0.3) is 22.8 Å². The van der Waals surface area contributed by atoms with Crippen LogP contribution in [0.1, 0.15) is 22.3 Å². The number of aromatic nitrogens is 4. The molecule has 0 spiro atoms. The number of phosphoric acid groups is 2. The van der Waals surface area contributed by atoms with Crippen molar-refractivity contribution in [2.24, 2.45) is 0 Å². The molecule has 20 nitrogen and oxygen atoms in total. The SMILES string of the molecule is Cc1ccnc(-c2cc(C)ccn2)c1.Cc1ccnc(-c2cc(C)ccn2)c1.O=P([O-])(Oc1ccccc1)Oc1ccccc1.O=P([O-])(Oc1ccccc1)Oc1ccccc1.O=[N+]([O-])[O-].O=[N+]([O-])[O-].[Cu+2].[Cu+2]. The Balaban J connectivity index is 0.000000454. The Hall–Kier alpha value is -7.50. The second kappa shape index (κ2) is 33.2. The quantitative estimate of drug-likeness (QED) is 0.0532. The van der Waals surface area contributed by atoms with E-state index < -0.39 is 25.8 Å². The van der Waals surface area contributed by atoms with E-state index in [1.165, 1.54) is 22.3 Å². The Morgan fingerprint density at radius 2 is 0.528 bits per heavy atom. The molecule has 4 aromatic carbocycles. The van der Waals surface area contributed by atoms with Crippen molar-refractivity contribution in [3.05, 3.63) is 248 Å². The van der Waals surface area contributed by atoms with Gasteiger partial charge in [0.1, 0.15) is 23.0 Å². The first-order chi connectivity index (χ1) is 33.3. The summed E-state index contributed by atoms with van der Waals surface area (Å²) < 4.78 is 42.2. The minimum Gasteiger partial charge on any atom is -0.736 e. The fourth-order valence-corrected chi connectivity index (χ4v) is 6.78. The Morgan fingerprint density at radius 3 is 0.681 bits per heavy atom. The molecule has 0 amide bonds. The second-order valence-electron chi connectivity index (χ2n) is 13.8. The van der Waals surface area contributed by atoms with Crippen molar-refractivity contribution in [2.45, 2.75) is 27.7 Å². The summed E-state index contributed by atoms with van der Waals surface area (Å²) in [5, 5.41) is 29.5. The maximum atomic E-state index is 11.6. The third-order valence-electron chi connectivity index (χ3n) is 8.03. The van der Waals surface area contributed by atoms with E-state index in [4.69, 9.17) is 48.7 Å². The minimum atomic E-state index is -4.39. The van der Waals surface area contributed by atoms with Crippen molar-refractivity contribution in [2.75, 3.05) is 0 Å². The zero-order valence-corrected chi connectivity index (χ0v) is 42.0. The summed E-state index contributed by atoms with van der Waals surface area (Å²) in [6.07, 6.45) is 7.26. The fraction of sp³-hybridized carbons (Fsp3) is 0.0833. The van der Waals surface area contributed by atoms with E-state index in [1.54, 1.807) is 121 Å². The monoisotopic (exact) mass is 1120 g/mol. The summed E-state index contributed by atoms with van der Waals surface area (Å²) in [5.74, 6) is 0.895. The maximum Gasteiger partial charge on any atom is 2.00 e. The fourth-order valence-electron chi connectivity index (χ4n) is 5.18. The average Bonchev–Trinajstić information content (AvgIpc) is 3.30. The Kier molecular flexibility index (Phi) is 28.8. The van der Waals surface area contributed by atoms with Crippen LogP contribution in [0.3, 0.4) is 0 Å². The molecule has 24 heteroatoms. The topological polar surface area (TPSA) is 301 Å². The van der Waals surface area contributed by atoms with Crippen molar-refractivity contribution in [3.63, 3.8) is 0 Å². The molecule has 0 saturated heterocycles. The Morgan fingerprint density at radius 1 is 0.361 bits per heavy atom. The van der Waals surface area contributed by atoms with Gasteiger partial charge in [0, 0.05) is 24.8 Å². The van der Waals surface area contributed by atoms with Crippen molar-refractivity contribution < 1.29 is 81.3 Å². The molecule has 0 bridgehead atoms. The second-order valence-corrected chi connectivity index (χ2v) is 16.4. The number of hydrogen-bond acceptors (Lipinski definition) is 18. The van der Waals surface area contributed by atoms with Gasteiger partial charge in [-0.05, 0) is 147 Å². The number of para-hydroxylation sites is 4. The van der Waals surface area contributed by atoms with Gasteiger partial charge in [-0.2, -0.15) is 0 Å². The zero-order valence-electron chi connectivity index (χ0n) is 38.4. The van der Waals surface area contributed by atoms with Crippen molar-refractivity contribution in [1.29, 1.82) is 0 Å². The van der Waals surface area contributed by atoms with Crippen LogP contribution in [-0.2, 0) is 43.3 Å². The summed E-state index contributed by atoms with van der Waals surface area (Å²) in [7, 11) is -8.77. The van der Waals surface area contributed by atoms with Crippen molar-refractivity contribution >= 4 is 15.6 Å². The number of benzene rings is 4. The molecule has 4 heterocycles. The molecule has 0 saturated carbocycles. The normalized spacial score (nSPS) is 9.75. The molecule has 2 radical (unpaired) electrons. The van der Waals surface area contributed by atoms with E-state index >= 15 is 0 Å². The number of pyridine rings is 4. The van der Waals surface area contributed by atoms with Crippen molar-refractivity contribution in [3.8, 4) is 45.8 Å². The summed E-state index contributed by atoms with van der Waals surface area (Å²) >= 11 is 0. The van der Waals surface area contributed by atoms with E-state index in [9.17, 15) is 18.9 Å². The van der Waals surface area contributed by atoms with Crippen molar-refractivity contribution in [1.82, 2.24) is 19.9 Å². The predicted octanol–water partition coefficient (Wildman–Crippen LogP) is 10.3. The molecule has 4 aromatic heterocycles.